The topological polar surface area (TPSA) is 109 Å². The molecule has 2 aromatic rings. The number of nitrogens with zero attached hydrogens (tertiary/aromatic N) is 1. The highest BCUT2D eigenvalue weighted by Crippen LogP contribution is 2.30. The molecular formula is C11H8ClN3O3S. The van der Waals surface area contributed by atoms with Crippen molar-refractivity contribution in [1.29, 1.82) is 0 Å². The summed E-state index contributed by atoms with van der Waals surface area (Å²) in [5.41, 5.74) is 5.11. The lowest BCUT2D eigenvalue weighted by Gasteiger charge is -2.05. The quantitative estimate of drug-likeness (QED) is 0.746. The van der Waals surface area contributed by atoms with E-state index < -0.39 is 11.5 Å². The van der Waals surface area contributed by atoms with Gasteiger partial charge in [0.1, 0.15) is 5.82 Å². The standard InChI is InChI=1S/C11H8ClN3O3S/c12-5-1-2-6(10(17)18)7(3-5)19-11-14-8(13)4-9(16)15-11/h1-4H,(H,17,18)(H3,13,14,15,16). The third kappa shape index (κ3) is 3.27. The van der Waals surface area contributed by atoms with E-state index in [1.807, 2.05) is 0 Å². The monoisotopic (exact) mass is 297 g/mol. The molecule has 0 radical (unpaired) electrons. The van der Waals surface area contributed by atoms with Gasteiger partial charge in [-0.25, -0.2) is 9.78 Å². The van der Waals surface area contributed by atoms with Crippen molar-refractivity contribution in [2.45, 2.75) is 10.1 Å². The van der Waals surface area contributed by atoms with Crippen LogP contribution < -0.4 is 11.3 Å². The van der Waals surface area contributed by atoms with E-state index in [4.69, 9.17) is 22.4 Å². The van der Waals surface area contributed by atoms with Crippen molar-refractivity contribution in [3.63, 3.8) is 0 Å². The third-order valence-corrected chi connectivity index (χ3v) is 3.30. The lowest BCUT2D eigenvalue weighted by Crippen LogP contribution is -2.09. The van der Waals surface area contributed by atoms with Crippen LogP contribution in [-0.2, 0) is 0 Å². The molecule has 0 aliphatic rings. The summed E-state index contributed by atoms with van der Waals surface area (Å²) in [5, 5.41) is 9.66. The zero-order valence-corrected chi connectivity index (χ0v) is 11.0. The summed E-state index contributed by atoms with van der Waals surface area (Å²) in [5.74, 6) is -1.03. The number of benzene rings is 1. The van der Waals surface area contributed by atoms with Crippen molar-refractivity contribution in [3.8, 4) is 0 Å². The zero-order chi connectivity index (χ0) is 14.0. The molecule has 0 fully saturated rings. The Hall–Kier alpha value is -1.99. The number of hydrogen-bond acceptors (Lipinski definition) is 5. The molecule has 4 N–H and O–H groups in total. The smallest absolute Gasteiger partial charge is 0.336 e. The van der Waals surface area contributed by atoms with Crippen LogP contribution in [0, 0.1) is 0 Å². The molecule has 19 heavy (non-hydrogen) atoms. The lowest BCUT2D eigenvalue weighted by atomic mass is 10.2. The van der Waals surface area contributed by atoms with E-state index in [-0.39, 0.29) is 16.5 Å². The van der Waals surface area contributed by atoms with Crippen LogP contribution in [0.4, 0.5) is 5.82 Å². The summed E-state index contributed by atoms with van der Waals surface area (Å²) in [7, 11) is 0. The fraction of sp³-hybridized carbons (Fsp3) is 0. The number of aromatic amines is 1. The SMILES string of the molecule is Nc1cc(=O)[nH]c(Sc2cc(Cl)ccc2C(=O)O)n1. The van der Waals surface area contributed by atoms with E-state index in [9.17, 15) is 9.59 Å². The largest absolute Gasteiger partial charge is 0.478 e. The minimum Gasteiger partial charge on any atom is -0.478 e. The summed E-state index contributed by atoms with van der Waals surface area (Å²) in [6.45, 7) is 0. The maximum atomic E-state index is 11.3. The van der Waals surface area contributed by atoms with Gasteiger partial charge in [-0.1, -0.05) is 23.4 Å². The molecule has 1 heterocycles. The number of nitrogens with two attached hydrogens (primary N) is 1. The molecule has 0 saturated heterocycles. The molecule has 1 aromatic heterocycles. The Morgan fingerprint density at radius 3 is 2.79 bits per heavy atom. The van der Waals surface area contributed by atoms with Crippen LogP contribution in [0.1, 0.15) is 10.4 Å². The number of aromatic carboxylic acids is 1. The molecule has 1 aromatic carbocycles. The summed E-state index contributed by atoms with van der Waals surface area (Å²) >= 11 is 6.80. The Morgan fingerprint density at radius 1 is 1.42 bits per heavy atom. The molecule has 0 atom stereocenters. The van der Waals surface area contributed by atoms with Crippen LogP contribution in [0.2, 0.25) is 5.02 Å². The van der Waals surface area contributed by atoms with Crippen LogP contribution in [0.15, 0.2) is 39.1 Å². The first-order chi connectivity index (χ1) is 8.95. The molecule has 0 aliphatic carbocycles. The molecule has 98 valence electrons. The molecule has 0 unspecified atom stereocenters. The van der Waals surface area contributed by atoms with Gasteiger partial charge in [0.25, 0.3) is 5.56 Å². The lowest BCUT2D eigenvalue weighted by molar-refractivity contribution is 0.0693. The first kappa shape index (κ1) is 13.4. The minimum atomic E-state index is -1.09. The Kier molecular flexibility index (Phi) is 3.77. The predicted molar refractivity (Wildman–Crippen MR) is 71.8 cm³/mol. The van der Waals surface area contributed by atoms with Gasteiger partial charge in [-0.2, -0.15) is 0 Å². The highest BCUT2D eigenvalue weighted by molar-refractivity contribution is 7.99. The number of rotatable bonds is 3. The van der Waals surface area contributed by atoms with Crippen molar-refractivity contribution >= 4 is 35.1 Å². The van der Waals surface area contributed by atoms with Gasteiger partial charge in [-0.05, 0) is 18.2 Å². The summed E-state index contributed by atoms with van der Waals surface area (Å²) in [6, 6.07) is 5.49. The molecule has 0 bridgehead atoms. The molecule has 2 rings (SSSR count). The van der Waals surface area contributed by atoms with Crippen molar-refractivity contribution in [2.75, 3.05) is 5.73 Å². The summed E-state index contributed by atoms with van der Waals surface area (Å²) in [6.07, 6.45) is 0. The van der Waals surface area contributed by atoms with E-state index in [0.717, 1.165) is 17.8 Å². The van der Waals surface area contributed by atoms with Crippen molar-refractivity contribution < 1.29 is 9.90 Å². The van der Waals surface area contributed by atoms with E-state index >= 15 is 0 Å². The van der Waals surface area contributed by atoms with Crippen molar-refractivity contribution in [1.82, 2.24) is 9.97 Å². The maximum absolute atomic E-state index is 11.3. The second-order valence-corrected chi connectivity index (χ2v) is 4.99. The number of nitrogens with one attached hydrogen (secondary N) is 1. The van der Waals surface area contributed by atoms with Gasteiger partial charge in [-0.15, -0.1) is 0 Å². The predicted octanol–water partition coefficient (Wildman–Crippen LogP) is 1.85. The second kappa shape index (κ2) is 5.33. The number of carboxylic acids is 1. The van der Waals surface area contributed by atoms with E-state index in [2.05, 4.69) is 9.97 Å². The van der Waals surface area contributed by atoms with Crippen LogP contribution in [0.25, 0.3) is 0 Å². The van der Waals surface area contributed by atoms with Crippen molar-refractivity contribution in [3.05, 3.63) is 45.2 Å². The second-order valence-electron chi connectivity index (χ2n) is 3.52. The minimum absolute atomic E-state index is 0.0603. The maximum Gasteiger partial charge on any atom is 0.336 e. The number of H-pyrrole nitrogens is 1. The van der Waals surface area contributed by atoms with Gasteiger partial charge in [-0.3, -0.25) is 4.79 Å². The molecule has 8 heteroatoms. The van der Waals surface area contributed by atoms with Crippen LogP contribution in [-0.4, -0.2) is 21.0 Å². The Morgan fingerprint density at radius 2 is 2.16 bits per heavy atom. The number of anilines is 1. The summed E-state index contributed by atoms with van der Waals surface area (Å²) in [4.78, 5) is 29.1. The molecule has 0 spiro atoms. The molecule has 6 nitrogen and oxygen atoms in total. The first-order valence-electron chi connectivity index (χ1n) is 5.03. The highest BCUT2D eigenvalue weighted by atomic mass is 35.5. The fourth-order valence-electron chi connectivity index (χ4n) is 1.36. The number of carbonyl (C=O) groups is 1. The summed E-state index contributed by atoms with van der Waals surface area (Å²) < 4.78 is 0. The number of carboxylic acid groups (broad SMARTS) is 1. The van der Waals surface area contributed by atoms with Gasteiger partial charge in [0.2, 0.25) is 0 Å². The molecule has 0 saturated carbocycles. The van der Waals surface area contributed by atoms with Gasteiger partial charge in [0, 0.05) is 16.0 Å². The van der Waals surface area contributed by atoms with Gasteiger partial charge in [0.05, 0.1) is 5.56 Å². The van der Waals surface area contributed by atoms with Crippen LogP contribution in [0.5, 0.6) is 0 Å². The van der Waals surface area contributed by atoms with Gasteiger partial charge in [0.15, 0.2) is 5.16 Å². The van der Waals surface area contributed by atoms with Gasteiger partial charge >= 0.3 is 5.97 Å². The zero-order valence-electron chi connectivity index (χ0n) is 9.38. The third-order valence-electron chi connectivity index (χ3n) is 2.12. The number of hydrogen-bond donors (Lipinski definition) is 3. The molecule has 0 amide bonds. The Labute approximate surface area is 116 Å². The van der Waals surface area contributed by atoms with E-state index in [1.54, 1.807) is 0 Å². The highest BCUT2D eigenvalue weighted by Gasteiger charge is 2.13. The molecular weight excluding hydrogens is 290 g/mol. The average Bonchev–Trinajstić information content (AvgIpc) is 2.26. The first-order valence-corrected chi connectivity index (χ1v) is 6.22. The van der Waals surface area contributed by atoms with E-state index in [0.29, 0.717) is 9.92 Å². The Balaban J connectivity index is 2.45. The van der Waals surface area contributed by atoms with Crippen LogP contribution >= 0.6 is 23.4 Å². The fourth-order valence-corrected chi connectivity index (χ4v) is 2.56. The van der Waals surface area contributed by atoms with E-state index in [1.165, 1.54) is 18.2 Å². The van der Waals surface area contributed by atoms with Crippen molar-refractivity contribution in [2.24, 2.45) is 0 Å². The number of aromatic nitrogens is 2. The number of nitrogen functional groups attached to an aromatic ring is 1. The van der Waals surface area contributed by atoms with Gasteiger partial charge < -0.3 is 15.8 Å². The Bertz CT molecular complexity index is 702. The number of halogens is 1. The molecule has 0 aliphatic heterocycles. The van der Waals surface area contributed by atoms with Crippen LogP contribution in [0.3, 0.4) is 0 Å². The average molecular weight is 298 g/mol. The normalized spacial score (nSPS) is 10.4.